The second kappa shape index (κ2) is 8.97. The number of aromatic nitrogens is 3. The molecule has 0 saturated carbocycles. The Balaban J connectivity index is 1.76. The van der Waals surface area contributed by atoms with Gasteiger partial charge in [0.05, 0.1) is 28.6 Å². The number of halogens is 4. The highest BCUT2D eigenvalue weighted by molar-refractivity contribution is 8.00. The van der Waals surface area contributed by atoms with E-state index in [0.29, 0.717) is 16.6 Å². The van der Waals surface area contributed by atoms with Crippen LogP contribution in [0.2, 0.25) is 5.02 Å². The third-order valence-electron chi connectivity index (χ3n) is 4.05. The van der Waals surface area contributed by atoms with Gasteiger partial charge in [0.1, 0.15) is 12.1 Å². The van der Waals surface area contributed by atoms with Crippen molar-refractivity contribution in [2.75, 3.05) is 12.4 Å². The number of para-hydroxylation sites is 2. The number of thioether (sulfide) groups is 1. The van der Waals surface area contributed by atoms with Gasteiger partial charge in [0.15, 0.2) is 5.16 Å². The lowest BCUT2D eigenvalue weighted by atomic mass is 10.2. The fourth-order valence-corrected chi connectivity index (χ4v) is 3.63. The Morgan fingerprint density at radius 2 is 2.00 bits per heavy atom. The van der Waals surface area contributed by atoms with Crippen LogP contribution >= 0.6 is 23.4 Å². The van der Waals surface area contributed by atoms with E-state index in [1.54, 1.807) is 17.6 Å². The van der Waals surface area contributed by atoms with Crippen molar-refractivity contribution in [1.29, 1.82) is 0 Å². The molecule has 6 nitrogen and oxygen atoms in total. The number of carbonyl (C=O) groups excluding carboxylic acids is 1. The van der Waals surface area contributed by atoms with Crippen LogP contribution in [0.25, 0.3) is 5.69 Å². The van der Waals surface area contributed by atoms with Crippen LogP contribution in [0.3, 0.4) is 0 Å². The van der Waals surface area contributed by atoms with E-state index in [0.717, 1.165) is 23.9 Å². The van der Waals surface area contributed by atoms with E-state index >= 15 is 0 Å². The van der Waals surface area contributed by atoms with Gasteiger partial charge in [-0.25, -0.2) is 0 Å². The normalized spacial score (nSPS) is 12.5. The topological polar surface area (TPSA) is 69.0 Å². The molecule has 0 aliphatic rings. The van der Waals surface area contributed by atoms with Gasteiger partial charge in [-0.2, -0.15) is 13.2 Å². The lowest BCUT2D eigenvalue weighted by Gasteiger charge is -2.15. The van der Waals surface area contributed by atoms with Crippen LogP contribution in [0.1, 0.15) is 12.5 Å². The van der Waals surface area contributed by atoms with Crippen LogP contribution in [0.5, 0.6) is 5.75 Å². The third-order valence-corrected chi connectivity index (χ3v) is 5.44. The van der Waals surface area contributed by atoms with Gasteiger partial charge < -0.3 is 10.1 Å². The van der Waals surface area contributed by atoms with Gasteiger partial charge >= 0.3 is 6.18 Å². The average molecular weight is 457 g/mol. The molecule has 2 aromatic carbocycles. The number of hydrogen-bond acceptors (Lipinski definition) is 5. The molecule has 0 bridgehead atoms. The van der Waals surface area contributed by atoms with Crippen LogP contribution in [-0.2, 0) is 11.0 Å². The maximum atomic E-state index is 13.0. The van der Waals surface area contributed by atoms with E-state index in [-0.39, 0.29) is 5.69 Å². The number of methoxy groups -OCH3 is 1. The summed E-state index contributed by atoms with van der Waals surface area (Å²) in [5, 5.41) is 9.70. The van der Waals surface area contributed by atoms with Gasteiger partial charge in [0, 0.05) is 5.69 Å². The zero-order chi connectivity index (χ0) is 21.9. The maximum Gasteiger partial charge on any atom is 0.417 e. The Morgan fingerprint density at radius 1 is 1.27 bits per heavy atom. The van der Waals surface area contributed by atoms with Crippen LogP contribution < -0.4 is 10.1 Å². The minimum absolute atomic E-state index is 0.00429. The van der Waals surface area contributed by atoms with E-state index in [2.05, 4.69) is 15.5 Å². The Kier molecular flexibility index (Phi) is 6.57. The summed E-state index contributed by atoms with van der Waals surface area (Å²) in [6, 6.07) is 10.4. The molecule has 3 rings (SSSR count). The molecule has 1 N–H and O–H groups in total. The van der Waals surface area contributed by atoms with E-state index in [1.165, 1.54) is 19.5 Å². The Labute approximate surface area is 179 Å². The second-order valence-electron chi connectivity index (χ2n) is 6.10. The van der Waals surface area contributed by atoms with E-state index in [4.69, 9.17) is 16.3 Å². The molecule has 158 valence electrons. The Hall–Kier alpha value is -2.72. The van der Waals surface area contributed by atoms with Crippen molar-refractivity contribution in [3.05, 3.63) is 59.4 Å². The first-order chi connectivity index (χ1) is 14.2. The molecular formula is C19H16ClF3N4O2S. The molecule has 0 aliphatic heterocycles. The number of rotatable bonds is 6. The molecule has 3 aromatic rings. The number of carbonyl (C=O) groups is 1. The van der Waals surface area contributed by atoms with E-state index in [9.17, 15) is 18.0 Å². The van der Waals surface area contributed by atoms with Gasteiger partial charge in [0.25, 0.3) is 0 Å². The molecular weight excluding hydrogens is 441 g/mol. The average Bonchev–Trinajstić information content (AvgIpc) is 3.16. The summed E-state index contributed by atoms with van der Waals surface area (Å²) in [7, 11) is 1.54. The molecule has 1 amide bonds. The zero-order valence-electron chi connectivity index (χ0n) is 15.8. The quantitative estimate of drug-likeness (QED) is 0.524. The fourth-order valence-electron chi connectivity index (χ4n) is 2.57. The molecule has 0 fully saturated rings. The number of alkyl halides is 3. The van der Waals surface area contributed by atoms with Crippen molar-refractivity contribution in [1.82, 2.24) is 14.8 Å². The molecule has 1 atom stereocenters. The molecule has 0 spiro atoms. The van der Waals surface area contributed by atoms with E-state index < -0.39 is 27.9 Å². The predicted octanol–water partition coefficient (Wildman–Crippen LogP) is 5.07. The lowest BCUT2D eigenvalue weighted by molar-refractivity contribution is -0.137. The fraction of sp³-hybridized carbons (Fsp3) is 0.211. The van der Waals surface area contributed by atoms with Gasteiger partial charge in [-0.05, 0) is 37.3 Å². The van der Waals surface area contributed by atoms with Gasteiger partial charge in [0.2, 0.25) is 5.91 Å². The molecule has 0 aliphatic carbocycles. The predicted molar refractivity (Wildman–Crippen MR) is 108 cm³/mol. The van der Waals surface area contributed by atoms with Crippen LogP contribution in [0.15, 0.2) is 53.9 Å². The lowest BCUT2D eigenvalue weighted by Crippen LogP contribution is -2.23. The van der Waals surface area contributed by atoms with Gasteiger partial charge in [-0.3, -0.25) is 9.36 Å². The van der Waals surface area contributed by atoms with Crippen LogP contribution in [-0.4, -0.2) is 33.0 Å². The first kappa shape index (κ1) is 22.0. The number of benzene rings is 2. The van der Waals surface area contributed by atoms with Crippen molar-refractivity contribution in [3.8, 4) is 11.4 Å². The van der Waals surface area contributed by atoms with Crippen molar-refractivity contribution in [3.63, 3.8) is 0 Å². The van der Waals surface area contributed by atoms with Crippen molar-refractivity contribution in [2.45, 2.75) is 23.5 Å². The summed E-state index contributed by atoms with van der Waals surface area (Å²) in [4.78, 5) is 12.5. The van der Waals surface area contributed by atoms with E-state index in [1.807, 2.05) is 18.2 Å². The summed E-state index contributed by atoms with van der Waals surface area (Å²) < 4.78 is 46.0. The number of nitrogens with one attached hydrogen (secondary N) is 1. The molecule has 1 aromatic heterocycles. The molecule has 1 heterocycles. The third kappa shape index (κ3) is 4.88. The van der Waals surface area contributed by atoms with Crippen molar-refractivity contribution in [2.24, 2.45) is 0 Å². The minimum Gasteiger partial charge on any atom is -0.495 e. The monoisotopic (exact) mass is 456 g/mol. The van der Waals surface area contributed by atoms with Crippen molar-refractivity contribution >= 4 is 35.0 Å². The smallest absolute Gasteiger partial charge is 0.417 e. The largest absolute Gasteiger partial charge is 0.495 e. The first-order valence-electron chi connectivity index (χ1n) is 8.58. The number of nitrogens with zero attached hydrogens (tertiary/aromatic N) is 3. The second-order valence-corrected chi connectivity index (χ2v) is 7.81. The maximum absolute atomic E-state index is 13.0. The summed E-state index contributed by atoms with van der Waals surface area (Å²) in [6.07, 6.45) is -3.14. The highest BCUT2D eigenvalue weighted by Crippen LogP contribution is 2.36. The Morgan fingerprint density at radius 3 is 2.70 bits per heavy atom. The molecule has 30 heavy (non-hydrogen) atoms. The van der Waals surface area contributed by atoms with Crippen LogP contribution in [0.4, 0.5) is 18.9 Å². The standard InChI is InChI=1S/C19H16ClF3N4O2S/c1-11(17(28)25-12-7-8-14(20)13(9-12)19(21,22)23)30-18-26-24-10-27(18)15-5-3-4-6-16(15)29-2/h3-11H,1-2H3,(H,25,28). The number of hydrogen-bond donors (Lipinski definition) is 1. The highest BCUT2D eigenvalue weighted by Gasteiger charge is 2.33. The molecule has 0 saturated heterocycles. The molecule has 11 heteroatoms. The van der Waals surface area contributed by atoms with Gasteiger partial charge in [-0.15, -0.1) is 10.2 Å². The Bertz CT molecular complexity index is 1060. The number of anilines is 1. The highest BCUT2D eigenvalue weighted by atomic mass is 35.5. The minimum atomic E-state index is -4.62. The molecule has 0 radical (unpaired) electrons. The van der Waals surface area contributed by atoms with Crippen molar-refractivity contribution < 1.29 is 22.7 Å². The first-order valence-corrected chi connectivity index (χ1v) is 9.84. The number of ether oxygens (including phenoxy) is 1. The molecule has 1 unspecified atom stereocenters. The van der Waals surface area contributed by atoms with Crippen LogP contribution in [0, 0.1) is 0 Å². The summed E-state index contributed by atoms with van der Waals surface area (Å²) in [6.45, 7) is 1.61. The summed E-state index contributed by atoms with van der Waals surface area (Å²) >= 11 is 6.71. The summed E-state index contributed by atoms with van der Waals surface area (Å²) in [5.74, 6) is 0.0992. The number of amides is 1. The van der Waals surface area contributed by atoms with Gasteiger partial charge in [-0.1, -0.05) is 35.5 Å². The SMILES string of the molecule is COc1ccccc1-n1cnnc1SC(C)C(=O)Nc1ccc(Cl)c(C(F)(F)F)c1. The zero-order valence-corrected chi connectivity index (χ0v) is 17.3. The summed E-state index contributed by atoms with van der Waals surface area (Å²) in [5.41, 5.74) is -0.332.